The lowest BCUT2D eigenvalue weighted by Crippen LogP contribution is -2.28. The number of aliphatic hydroxyl groups is 1. The summed E-state index contributed by atoms with van der Waals surface area (Å²) in [6.07, 6.45) is 1.49. The molecule has 0 bridgehead atoms. The maximum Gasteiger partial charge on any atom is 0.351 e. The zero-order chi connectivity index (χ0) is 10.6. The van der Waals surface area contributed by atoms with E-state index < -0.39 is 5.69 Å². The second kappa shape index (κ2) is 2.80. The highest BCUT2D eigenvalue weighted by Gasteiger charge is 2.57. The van der Waals surface area contributed by atoms with Gasteiger partial charge in [-0.3, -0.25) is 4.57 Å². The maximum atomic E-state index is 11.5. The summed E-state index contributed by atoms with van der Waals surface area (Å²) in [6, 6.07) is 1.56. The predicted octanol–water partition coefficient (Wildman–Crippen LogP) is -0.896. The van der Waals surface area contributed by atoms with Crippen LogP contribution in [-0.2, 0) is 4.74 Å². The first-order valence-corrected chi connectivity index (χ1v) is 4.85. The first-order chi connectivity index (χ1) is 7.16. The van der Waals surface area contributed by atoms with Gasteiger partial charge in [0.05, 0.1) is 12.2 Å². The summed E-state index contributed by atoms with van der Waals surface area (Å²) in [5.74, 6) is 0.388. The third kappa shape index (κ3) is 1.25. The van der Waals surface area contributed by atoms with Crippen LogP contribution in [0.5, 0.6) is 0 Å². The van der Waals surface area contributed by atoms with Crippen LogP contribution in [-0.4, -0.2) is 26.9 Å². The SMILES string of the molecule is Nc1ccn(C2CC3C(O)C3O2)c(=O)n1. The molecule has 0 spiro atoms. The lowest BCUT2D eigenvalue weighted by Gasteiger charge is -2.15. The van der Waals surface area contributed by atoms with Crippen molar-refractivity contribution in [2.45, 2.75) is 24.9 Å². The largest absolute Gasteiger partial charge is 0.390 e. The fourth-order valence-electron chi connectivity index (χ4n) is 2.07. The fraction of sp³-hybridized carbons (Fsp3) is 0.556. The smallest absolute Gasteiger partial charge is 0.351 e. The van der Waals surface area contributed by atoms with E-state index in [2.05, 4.69) is 4.98 Å². The monoisotopic (exact) mass is 209 g/mol. The molecule has 2 aliphatic rings. The Morgan fingerprint density at radius 3 is 3.07 bits per heavy atom. The van der Waals surface area contributed by atoms with Gasteiger partial charge in [0.1, 0.15) is 12.0 Å². The van der Waals surface area contributed by atoms with E-state index in [0.717, 1.165) is 0 Å². The number of fused-ring (bicyclic) bond motifs is 1. The minimum Gasteiger partial charge on any atom is -0.390 e. The molecule has 2 heterocycles. The van der Waals surface area contributed by atoms with Gasteiger partial charge in [-0.25, -0.2) is 4.79 Å². The lowest BCUT2D eigenvalue weighted by atomic mass is 10.3. The van der Waals surface area contributed by atoms with Crippen LogP contribution >= 0.6 is 0 Å². The van der Waals surface area contributed by atoms with Gasteiger partial charge in [-0.1, -0.05) is 0 Å². The van der Waals surface area contributed by atoms with Gasteiger partial charge >= 0.3 is 5.69 Å². The Morgan fingerprint density at radius 1 is 1.67 bits per heavy atom. The first kappa shape index (κ1) is 8.87. The van der Waals surface area contributed by atoms with E-state index in [1.807, 2.05) is 0 Å². The van der Waals surface area contributed by atoms with Gasteiger partial charge in [-0.2, -0.15) is 4.98 Å². The molecule has 2 fully saturated rings. The number of hydrogen-bond acceptors (Lipinski definition) is 5. The molecule has 0 radical (unpaired) electrons. The number of nitrogens with two attached hydrogens (primary N) is 1. The number of ether oxygens (including phenoxy) is 1. The number of nitrogen functional groups attached to an aromatic ring is 1. The van der Waals surface area contributed by atoms with Crippen molar-refractivity contribution in [2.24, 2.45) is 5.92 Å². The number of hydrogen-bond donors (Lipinski definition) is 2. The minimum atomic E-state index is -0.407. The third-order valence-corrected chi connectivity index (χ3v) is 3.01. The molecule has 3 N–H and O–H groups in total. The quantitative estimate of drug-likeness (QED) is 0.625. The summed E-state index contributed by atoms with van der Waals surface area (Å²) in [5.41, 5.74) is 4.97. The molecule has 1 saturated carbocycles. The molecular weight excluding hydrogens is 198 g/mol. The number of aromatic nitrogens is 2. The molecule has 0 amide bonds. The Balaban J connectivity index is 1.86. The van der Waals surface area contributed by atoms with Gasteiger partial charge in [0.2, 0.25) is 0 Å². The molecule has 1 saturated heterocycles. The Morgan fingerprint density at radius 2 is 2.47 bits per heavy atom. The predicted molar refractivity (Wildman–Crippen MR) is 50.9 cm³/mol. The fourth-order valence-corrected chi connectivity index (χ4v) is 2.07. The van der Waals surface area contributed by atoms with Crippen molar-refractivity contribution in [1.29, 1.82) is 0 Å². The van der Waals surface area contributed by atoms with E-state index in [-0.39, 0.29) is 30.2 Å². The van der Waals surface area contributed by atoms with Gasteiger partial charge in [-0.05, 0) is 6.07 Å². The average molecular weight is 209 g/mol. The van der Waals surface area contributed by atoms with Crippen molar-refractivity contribution in [3.8, 4) is 0 Å². The van der Waals surface area contributed by atoms with Crippen molar-refractivity contribution >= 4 is 5.82 Å². The molecule has 15 heavy (non-hydrogen) atoms. The number of anilines is 1. The Bertz CT molecular complexity index is 446. The van der Waals surface area contributed by atoms with Crippen LogP contribution in [0.25, 0.3) is 0 Å². The van der Waals surface area contributed by atoms with Crippen LogP contribution in [0.1, 0.15) is 12.6 Å². The van der Waals surface area contributed by atoms with Crippen molar-refractivity contribution in [3.63, 3.8) is 0 Å². The van der Waals surface area contributed by atoms with Crippen molar-refractivity contribution in [3.05, 3.63) is 22.7 Å². The molecule has 1 aromatic rings. The van der Waals surface area contributed by atoms with Gasteiger partial charge in [0.15, 0.2) is 0 Å². The molecule has 1 aliphatic heterocycles. The summed E-state index contributed by atoms with van der Waals surface area (Å²) < 4.78 is 6.90. The van der Waals surface area contributed by atoms with Crippen LogP contribution < -0.4 is 11.4 Å². The van der Waals surface area contributed by atoms with E-state index in [1.165, 1.54) is 4.57 Å². The van der Waals surface area contributed by atoms with Crippen LogP contribution in [0.4, 0.5) is 5.82 Å². The van der Waals surface area contributed by atoms with E-state index >= 15 is 0 Å². The molecule has 1 aliphatic carbocycles. The number of nitrogens with zero attached hydrogens (tertiary/aromatic N) is 2. The number of aliphatic hydroxyl groups excluding tert-OH is 1. The zero-order valence-electron chi connectivity index (χ0n) is 7.91. The highest BCUT2D eigenvalue weighted by atomic mass is 16.5. The van der Waals surface area contributed by atoms with Crippen LogP contribution in [0, 0.1) is 5.92 Å². The zero-order valence-corrected chi connectivity index (χ0v) is 7.91. The van der Waals surface area contributed by atoms with Crippen LogP contribution in [0.2, 0.25) is 0 Å². The Hall–Kier alpha value is -1.40. The minimum absolute atomic E-state index is 0.0977. The van der Waals surface area contributed by atoms with Crippen molar-refractivity contribution < 1.29 is 9.84 Å². The topological polar surface area (TPSA) is 90.4 Å². The molecule has 6 nitrogen and oxygen atoms in total. The second-order valence-corrected chi connectivity index (χ2v) is 3.99. The van der Waals surface area contributed by atoms with Gasteiger partial charge in [0.25, 0.3) is 0 Å². The van der Waals surface area contributed by atoms with Gasteiger partial charge in [-0.15, -0.1) is 0 Å². The van der Waals surface area contributed by atoms with E-state index in [4.69, 9.17) is 10.5 Å². The van der Waals surface area contributed by atoms with E-state index in [0.29, 0.717) is 6.42 Å². The summed E-state index contributed by atoms with van der Waals surface area (Å²) in [6.45, 7) is 0. The summed E-state index contributed by atoms with van der Waals surface area (Å²) >= 11 is 0. The standard InChI is InChI=1S/C9H11N3O3/c10-5-1-2-12(9(14)11-5)6-3-4-7(13)8(4)15-6/h1-2,4,6-8,13H,3H2,(H2,10,11,14). The van der Waals surface area contributed by atoms with Crippen molar-refractivity contribution in [1.82, 2.24) is 9.55 Å². The van der Waals surface area contributed by atoms with Crippen LogP contribution in [0.3, 0.4) is 0 Å². The second-order valence-electron chi connectivity index (χ2n) is 3.99. The van der Waals surface area contributed by atoms with Crippen LogP contribution in [0.15, 0.2) is 17.1 Å². The normalized spacial score (nSPS) is 37.7. The Labute approximate surface area is 85.3 Å². The molecule has 4 atom stereocenters. The maximum absolute atomic E-state index is 11.5. The first-order valence-electron chi connectivity index (χ1n) is 4.85. The Kier molecular flexibility index (Phi) is 1.66. The molecule has 80 valence electrons. The summed E-state index contributed by atoms with van der Waals surface area (Å²) in [4.78, 5) is 15.1. The van der Waals surface area contributed by atoms with E-state index in [1.54, 1.807) is 12.3 Å². The average Bonchev–Trinajstić information content (AvgIpc) is 2.63. The lowest BCUT2D eigenvalue weighted by molar-refractivity contribution is -0.0113. The third-order valence-electron chi connectivity index (χ3n) is 3.01. The molecule has 4 unspecified atom stereocenters. The van der Waals surface area contributed by atoms with Gasteiger partial charge in [0, 0.05) is 18.5 Å². The highest BCUT2D eigenvalue weighted by Crippen LogP contribution is 2.49. The molecule has 1 aromatic heterocycles. The van der Waals surface area contributed by atoms with E-state index in [9.17, 15) is 9.90 Å². The van der Waals surface area contributed by atoms with Gasteiger partial charge < -0.3 is 15.6 Å². The molecule has 3 rings (SSSR count). The highest BCUT2D eigenvalue weighted by molar-refractivity contribution is 5.23. The molecular formula is C9H11N3O3. The number of rotatable bonds is 1. The van der Waals surface area contributed by atoms with Crippen molar-refractivity contribution in [2.75, 3.05) is 5.73 Å². The summed E-state index contributed by atoms with van der Waals surface area (Å²) in [5, 5.41) is 9.28. The summed E-state index contributed by atoms with van der Waals surface area (Å²) in [7, 11) is 0. The molecule has 6 heteroatoms. The molecule has 0 aromatic carbocycles.